The number of nitrogens with two attached hydrogens (primary N) is 1. The molecule has 2 aliphatic heterocycles. The number of halogens is 1. The first kappa shape index (κ1) is 22.3. The number of amidine groups is 1. The average Bonchev–Trinajstić information content (AvgIpc) is 3.44. The molecule has 2 fully saturated rings. The molecule has 3 aromatic rings. The fourth-order valence-corrected chi connectivity index (χ4v) is 5.85. The Labute approximate surface area is 207 Å². The molecule has 0 bridgehead atoms. The van der Waals surface area contributed by atoms with E-state index in [9.17, 15) is 4.79 Å². The van der Waals surface area contributed by atoms with Crippen LogP contribution in [0.25, 0.3) is 11.1 Å². The second-order valence-electron chi connectivity index (χ2n) is 9.73. The van der Waals surface area contributed by atoms with E-state index in [1.165, 1.54) is 25.7 Å². The highest BCUT2D eigenvalue weighted by molar-refractivity contribution is 6.31. The van der Waals surface area contributed by atoms with Crippen molar-refractivity contribution in [2.75, 3.05) is 11.9 Å². The van der Waals surface area contributed by atoms with Crippen molar-refractivity contribution in [1.29, 1.82) is 0 Å². The highest BCUT2D eigenvalue weighted by Crippen LogP contribution is 2.44. The van der Waals surface area contributed by atoms with Crippen LogP contribution in [0.2, 0.25) is 5.02 Å². The van der Waals surface area contributed by atoms with Crippen molar-refractivity contribution in [2.24, 2.45) is 22.6 Å². The van der Waals surface area contributed by atoms with Gasteiger partial charge in [0.05, 0.1) is 22.3 Å². The van der Waals surface area contributed by atoms with Gasteiger partial charge in [0.25, 0.3) is 0 Å². The zero-order chi connectivity index (χ0) is 24.2. The van der Waals surface area contributed by atoms with Crippen molar-refractivity contribution >= 4 is 34.2 Å². The Bertz CT molecular complexity index is 1410. The molecule has 2 aromatic heterocycles. The largest absolute Gasteiger partial charge is 0.417 e. The molecular weight excluding hydrogens is 466 g/mol. The summed E-state index contributed by atoms with van der Waals surface area (Å²) in [6, 6.07) is 7.38. The number of hydrogen-bond acceptors (Lipinski definition) is 8. The number of hydrogen-bond donors (Lipinski definition) is 5. The molecule has 35 heavy (non-hydrogen) atoms. The van der Waals surface area contributed by atoms with Crippen LogP contribution in [0.1, 0.15) is 49.9 Å². The van der Waals surface area contributed by atoms with E-state index in [4.69, 9.17) is 31.7 Å². The molecule has 4 heterocycles. The first-order chi connectivity index (χ1) is 16.9. The standard InChI is InChI=1S/C25H28ClN7O2/c1-13-10-30-25(27,33-23(13)31-16-6-7-20-19(9-16)32-24(34)35-20)15-8-18(26)22(29-12-15)21-17-5-3-2-4-14(17)11-28-21/h6-10,12,14,17,21,28,30H,2-5,11,27H2,1H3,(H,31,33)(H,32,34). The van der Waals surface area contributed by atoms with Crippen LogP contribution in [0.3, 0.4) is 0 Å². The first-order valence-corrected chi connectivity index (χ1v) is 12.4. The van der Waals surface area contributed by atoms with Gasteiger partial charge in [-0.3, -0.25) is 15.7 Å². The molecule has 1 aromatic carbocycles. The van der Waals surface area contributed by atoms with Crippen molar-refractivity contribution in [3.8, 4) is 0 Å². The predicted molar refractivity (Wildman–Crippen MR) is 136 cm³/mol. The molecule has 0 amide bonds. The van der Waals surface area contributed by atoms with Crippen LogP contribution in [0.4, 0.5) is 5.69 Å². The maximum absolute atomic E-state index is 11.5. The highest BCUT2D eigenvalue weighted by Gasteiger charge is 2.40. The molecule has 4 atom stereocenters. The number of pyridine rings is 1. The number of fused-ring (bicyclic) bond motifs is 2. The molecule has 9 nitrogen and oxygen atoms in total. The smallest absolute Gasteiger partial charge is 0.408 e. The van der Waals surface area contributed by atoms with Gasteiger partial charge in [0, 0.05) is 29.2 Å². The number of anilines is 1. The summed E-state index contributed by atoms with van der Waals surface area (Å²) in [6.45, 7) is 2.96. The van der Waals surface area contributed by atoms with Gasteiger partial charge in [-0.2, -0.15) is 0 Å². The Morgan fingerprint density at radius 2 is 2.11 bits per heavy atom. The van der Waals surface area contributed by atoms with Crippen LogP contribution in [-0.4, -0.2) is 22.3 Å². The summed E-state index contributed by atoms with van der Waals surface area (Å²) < 4.78 is 5.08. The summed E-state index contributed by atoms with van der Waals surface area (Å²) in [5.41, 5.74) is 11.0. The number of benzene rings is 1. The van der Waals surface area contributed by atoms with E-state index in [-0.39, 0.29) is 6.04 Å². The average molecular weight is 494 g/mol. The van der Waals surface area contributed by atoms with Crippen LogP contribution in [0, 0.1) is 11.8 Å². The third kappa shape index (κ3) is 4.03. The number of nitrogens with one attached hydrogen (secondary N) is 4. The van der Waals surface area contributed by atoms with Gasteiger partial charge < -0.3 is 20.4 Å². The monoisotopic (exact) mass is 493 g/mol. The Morgan fingerprint density at radius 3 is 2.97 bits per heavy atom. The molecule has 10 heteroatoms. The van der Waals surface area contributed by atoms with E-state index in [0.717, 1.165) is 23.5 Å². The lowest BCUT2D eigenvalue weighted by Gasteiger charge is -2.32. The Kier molecular flexibility index (Phi) is 5.43. The molecule has 0 radical (unpaired) electrons. The fourth-order valence-electron chi connectivity index (χ4n) is 5.57. The topological polar surface area (TPSA) is 133 Å². The van der Waals surface area contributed by atoms with E-state index in [2.05, 4.69) is 20.9 Å². The first-order valence-electron chi connectivity index (χ1n) is 12.0. The van der Waals surface area contributed by atoms with Gasteiger partial charge >= 0.3 is 5.76 Å². The van der Waals surface area contributed by atoms with Crippen LogP contribution in [-0.2, 0) is 5.79 Å². The highest BCUT2D eigenvalue weighted by atomic mass is 35.5. The second-order valence-corrected chi connectivity index (χ2v) is 10.1. The van der Waals surface area contributed by atoms with Gasteiger partial charge in [-0.05, 0) is 62.4 Å². The molecule has 1 aliphatic carbocycles. The third-order valence-electron chi connectivity index (χ3n) is 7.45. The Balaban J connectivity index is 1.27. The minimum absolute atomic E-state index is 0.182. The number of oxazole rings is 1. The number of rotatable bonds is 3. The lowest BCUT2D eigenvalue weighted by molar-refractivity contribution is 0.264. The van der Waals surface area contributed by atoms with E-state index in [1.807, 2.05) is 25.3 Å². The van der Waals surface area contributed by atoms with Gasteiger partial charge in [-0.15, -0.1) is 0 Å². The number of aromatic amines is 1. The third-order valence-corrected chi connectivity index (χ3v) is 7.76. The molecule has 6 N–H and O–H groups in total. The quantitative estimate of drug-likeness (QED) is 0.375. The summed E-state index contributed by atoms with van der Waals surface area (Å²) in [6.07, 6.45) is 8.66. The van der Waals surface area contributed by atoms with Crippen molar-refractivity contribution in [2.45, 2.75) is 44.4 Å². The predicted octanol–water partition coefficient (Wildman–Crippen LogP) is 3.71. The number of H-pyrrole nitrogens is 1. The van der Waals surface area contributed by atoms with Gasteiger partial charge in [0.2, 0.25) is 5.79 Å². The maximum atomic E-state index is 11.5. The minimum Gasteiger partial charge on any atom is -0.408 e. The molecule has 4 unspecified atom stereocenters. The Hall–Kier alpha value is -3.14. The van der Waals surface area contributed by atoms with Crippen molar-refractivity contribution in [3.63, 3.8) is 0 Å². The summed E-state index contributed by atoms with van der Waals surface area (Å²) in [7, 11) is 0. The molecule has 3 aliphatic rings. The minimum atomic E-state index is -1.23. The summed E-state index contributed by atoms with van der Waals surface area (Å²) >= 11 is 6.77. The molecule has 1 saturated carbocycles. The number of aliphatic imine (C=N–C) groups is 1. The van der Waals surface area contributed by atoms with Crippen LogP contribution in [0.15, 0.2) is 56.4 Å². The zero-order valence-electron chi connectivity index (χ0n) is 19.4. The van der Waals surface area contributed by atoms with Crippen LogP contribution < -0.4 is 27.4 Å². The molecular formula is C25H28ClN7O2. The van der Waals surface area contributed by atoms with E-state index in [1.54, 1.807) is 18.3 Å². The van der Waals surface area contributed by atoms with Gasteiger partial charge in [0.1, 0.15) is 5.84 Å². The fraction of sp³-hybridized carbons (Fsp3) is 0.400. The van der Waals surface area contributed by atoms with Gasteiger partial charge in [-0.1, -0.05) is 24.4 Å². The second kappa shape index (κ2) is 8.51. The normalized spacial score (nSPS) is 28.3. The zero-order valence-corrected chi connectivity index (χ0v) is 20.2. The SMILES string of the molecule is CC1=CNC(N)(c2cnc(C3NCC4CCCCC43)c(Cl)c2)N=C1Nc1ccc2oc(=O)[nH]c2c1. The van der Waals surface area contributed by atoms with Gasteiger partial charge in [-0.25, -0.2) is 9.79 Å². The Morgan fingerprint density at radius 1 is 1.26 bits per heavy atom. The molecule has 0 spiro atoms. The summed E-state index contributed by atoms with van der Waals surface area (Å²) in [5.74, 6) is 0.160. The van der Waals surface area contributed by atoms with E-state index >= 15 is 0 Å². The van der Waals surface area contributed by atoms with Crippen molar-refractivity contribution in [1.82, 2.24) is 20.6 Å². The van der Waals surface area contributed by atoms with E-state index < -0.39 is 11.5 Å². The number of nitrogens with zero attached hydrogens (tertiary/aromatic N) is 2. The van der Waals surface area contributed by atoms with Crippen molar-refractivity contribution in [3.05, 3.63) is 69.1 Å². The number of aromatic nitrogens is 2. The van der Waals surface area contributed by atoms with Crippen LogP contribution >= 0.6 is 11.6 Å². The summed E-state index contributed by atoms with van der Waals surface area (Å²) in [4.78, 5) is 23.7. The molecule has 1 saturated heterocycles. The van der Waals surface area contributed by atoms with Gasteiger partial charge in [0.15, 0.2) is 5.58 Å². The van der Waals surface area contributed by atoms with E-state index in [0.29, 0.717) is 39.4 Å². The molecule has 182 valence electrons. The maximum Gasteiger partial charge on any atom is 0.417 e. The van der Waals surface area contributed by atoms with Crippen LogP contribution in [0.5, 0.6) is 0 Å². The molecule has 6 rings (SSSR count). The van der Waals surface area contributed by atoms with Crippen molar-refractivity contribution < 1.29 is 4.42 Å². The lowest BCUT2D eigenvalue weighted by Crippen LogP contribution is -2.50. The summed E-state index contributed by atoms with van der Waals surface area (Å²) in [5, 5.41) is 10.7. The lowest BCUT2D eigenvalue weighted by atomic mass is 9.77.